The van der Waals surface area contributed by atoms with Crippen LogP contribution in [0.2, 0.25) is 0 Å². The number of carbonyl (C=O) groups is 1. The molecule has 8 heteroatoms. The molecule has 4 heterocycles. The standard InChI is InChI=1S/C23H32N6O2/c1-15-17(12-28-10-3-2-4-11-28)19(27-31-15)22(30)29-13-18(23(14-29)8-5-9-23)21-24-20(25-26-21)16-6-7-16/h16,18H,2-14H2,1H3,(H,24,25,26). The maximum absolute atomic E-state index is 13.6. The Morgan fingerprint density at radius 3 is 2.71 bits per heavy atom. The number of aromatic nitrogens is 4. The van der Waals surface area contributed by atoms with Gasteiger partial charge in [-0.1, -0.05) is 18.0 Å². The van der Waals surface area contributed by atoms with Crippen LogP contribution < -0.4 is 0 Å². The maximum Gasteiger partial charge on any atom is 0.276 e. The number of aromatic amines is 1. The molecule has 2 aromatic heterocycles. The van der Waals surface area contributed by atoms with E-state index in [1.54, 1.807) is 0 Å². The Morgan fingerprint density at radius 2 is 2.00 bits per heavy atom. The van der Waals surface area contributed by atoms with Gasteiger partial charge in [0.25, 0.3) is 5.91 Å². The molecule has 1 N–H and O–H groups in total. The second-order valence-corrected chi connectivity index (χ2v) is 10.2. The summed E-state index contributed by atoms with van der Waals surface area (Å²) in [6.45, 7) is 6.32. The number of likely N-dealkylation sites (tertiary alicyclic amines) is 2. The second kappa shape index (κ2) is 7.43. The highest BCUT2D eigenvalue weighted by atomic mass is 16.5. The van der Waals surface area contributed by atoms with Crippen LogP contribution in [-0.4, -0.2) is 62.2 Å². The summed E-state index contributed by atoms with van der Waals surface area (Å²) in [5.74, 6) is 3.50. The lowest BCUT2D eigenvalue weighted by Gasteiger charge is -2.41. The van der Waals surface area contributed by atoms with E-state index in [0.717, 1.165) is 62.0 Å². The predicted molar refractivity (Wildman–Crippen MR) is 114 cm³/mol. The Kier molecular flexibility index (Phi) is 4.67. The average Bonchev–Trinajstić information content (AvgIpc) is 3.19. The summed E-state index contributed by atoms with van der Waals surface area (Å²) in [6.07, 6.45) is 9.68. The lowest BCUT2D eigenvalue weighted by Crippen LogP contribution is -2.38. The highest BCUT2D eigenvalue weighted by Gasteiger charge is 2.54. The molecule has 166 valence electrons. The first kappa shape index (κ1) is 19.5. The number of hydrogen-bond donors (Lipinski definition) is 1. The largest absolute Gasteiger partial charge is 0.361 e. The van der Waals surface area contributed by atoms with Crippen molar-refractivity contribution in [2.24, 2.45) is 5.41 Å². The van der Waals surface area contributed by atoms with Crippen LogP contribution in [0.15, 0.2) is 4.52 Å². The van der Waals surface area contributed by atoms with Crippen molar-refractivity contribution in [3.63, 3.8) is 0 Å². The molecule has 0 radical (unpaired) electrons. The molecule has 2 saturated carbocycles. The molecule has 0 bridgehead atoms. The van der Waals surface area contributed by atoms with E-state index in [1.807, 2.05) is 11.8 Å². The zero-order chi connectivity index (χ0) is 21.0. The molecule has 1 spiro atoms. The van der Waals surface area contributed by atoms with Gasteiger partial charge in [0.2, 0.25) is 0 Å². The third-order valence-corrected chi connectivity index (χ3v) is 8.09. The van der Waals surface area contributed by atoms with Crippen LogP contribution in [0.25, 0.3) is 0 Å². The highest BCUT2D eigenvalue weighted by Crippen LogP contribution is 2.55. The Bertz CT molecular complexity index is 967. The van der Waals surface area contributed by atoms with Gasteiger partial charge in [0.15, 0.2) is 11.5 Å². The number of carbonyl (C=O) groups excluding carboxylic acids is 1. The maximum atomic E-state index is 13.6. The van der Waals surface area contributed by atoms with Gasteiger partial charge in [0.05, 0.1) is 0 Å². The molecule has 2 saturated heterocycles. The monoisotopic (exact) mass is 424 g/mol. The van der Waals surface area contributed by atoms with Gasteiger partial charge in [-0.3, -0.25) is 14.8 Å². The number of H-pyrrole nitrogens is 1. The van der Waals surface area contributed by atoms with Gasteiger partial charge in [-0.25, -0.2) is 4.98 Å². The minimum atomic E-state index is 0.0135. The summed E-state index contributed by atoms with van der Waals surface area (Å²) < 4.78 is 5.51. The number of amides is 1. The van der Waals surface area contributed by atoms with E-state index in [-0.39, 0.29) is 17.2 Å². The van der Waals surface area contributed by atoms with Crippen molar-refractivity contribution in [1.82, 2.24) is 30.1 Å². The first-order valence-corrected chi connectivity index (χ1v) is 12.0. The number of nitrogens with zero attached hydrogens (tertiary/aromatic N) is 5. The SMILES string of the molecule is Cc1onc(C(=O)N2CC(c3nc(C4CC4)n[nH]3)C3(CCC3)C2)c1CN1CCCCC1. The van der Waals surface area contributed by atoms with E-state index in [1.165, 1.54) is 38.5 Å². The third-order valence-electron chi connectivity index (χ3n) is 8.09. The number of aryl methyl sites for hydroxylation is 1. The van der Waals surface area contributed by atoms with E-state index < -0.39 is 0 Å². The van der Waals surface area contributed by atoms with Crippen LogP contribution in [-0.2, 0) is 6.54 Å². The van der Waals surface area contributed by atoms with E-state index in [9.17, 15) is 4.79 Å². The summed E-state index contributed by atoms with van der Waals surface area (Å²) in [5, 5.41) is 11.9. The van der Waals surface area contributed by atoms with Crippen LogP contribution in [0.1, 0.15) is 96.7 Å². The molecule has 0 aromatic carbocycles. The minimum Gasteiger partial charge on any atom is -0.361 e. The topological polar surface area (TPSA) is 91.1 Å². The summed E-state index contributed by atoms with van der Waals surface area (Å²) in [7, 11) is 0. The van der Waals surface area contributed by atoms with E-state index in [4.69, 9.17) is 9.51 Å². The van der Waals surface area contributed by atoms with Crippen molar-refractivity contribution in [3.05, 3.63) is 28.7 Å². The number of rotatable bonds is 5. The van der Waals surface area contributed by atoms with Crippen molar-refractivity contribution in [2.45, 2.75) is 76.7 Å². The third kappa shape index (κ3) is 3.39. The van der Waals surface area contributed by atoms with Crippen molar-refractivity contribution < 1.29 is 9.32 Å². The zero-order valence-corrected chi connectivity index (χ0v) is 18.4. The fraction of sp³-hybridized carbons (Fsp3) is 0.739. The molecule has 8 nitrogen and oxygen atoms in total. The van der Waals surface area contributed by atoms with Crippen molar-refractivity contribution in [1.29, 1.82) is 0 Å². The molecule has 1 amide bonds. The molecular weight excluding hydrogens is 392 g/mol. The first-order chi connectivity index (χ1) is 15.1. The lowest BCUT2D eigenvalue weighted by atomic mass is 9.62. The normalized spacial score (nSPS) is 25.8. The molecular formula is C23H32N6O2. The molecule has 1 atom stereocenters. The van der Waals surface area contributed by atoms with Gasteiger partial charge >= 0.3 is 0 Å². The molecule has 2 aliphatic carbocycles. The molecule has 1 unspecified atom stereocenters. The van der Waals surface area contributed by atoms with Crippen molar-refractivity contribution >= 4 is 5.91 Å². The van der Waals surface area contributed by atoms with Gasteiger partial charge in [0.1, 0.15) is 11.6 Å². The molecule has 6 rings (SSSR count). The lowest BCUT2D eigenvalue weighted by molar-refractivity contribution is 0.0712. The predicted octanol–water partition coefficient (Wildman–Crippen LogP) is 3.37. The molecule has 31 heavy (non-hydrogen) atoms. The second-order valence-electron chi connectivity index (χ2n) is 10.2. The summed E-state index contributed by atoms with van der Waals surface area (Å²) in [6, 6.07) is 0. The average molecular weight is 425 g/mol. The molecule has 4 aliphatic rings. The fourth-order valence-electron chi connectivity index (χ4n) is 5.84. The van der Waals surface area contributed by atoms with Crippen LogP contribution in [0, 0.1) is 12.3 Å². The summed E-state index contributed by atoms with van der Waals surface area (Å²) in [4.78, 5) is 22.9. The number of nitrogens with one attached hydrogen (secondary N) is 1. The Morgan fingerprint density at radius 1 is 1.19 bits per heavy atom. The van der Waals surface area contributed by atoms with Gasteiger partial charge in [-0.15, -0.1) is 0 Å². The Labute approximate surface area is 182 Å². The smallest absolute Gasteiger partial charge is 0.276 e. The zero-order valence-electron chi connectivity index (χ0n) is 18.4. The molecule has 2 aliphatic heterocycles. The van der Waals surface area contributed by atoms with Gasteiger partial charge in [0, 0.05) is 37.0 Å². The van der Waals surface area contributed by atoms with Crippen LogP contribution in [0.3, 0.4) is 0 Å². The Balaban J connectivity index is 1.23. The minimum absolute atomic E-state index is 0.0135. The van der Waals surface area contributed by atoms with Crippen molar-refractivity contribution in [3.8, 4) is 0 Å². The van der Waals surface area contributed by atoms with E-state index in [2.05, 4.69) is 20.3 Å². The quantitative estimate of drug-likeness (QED) is 0.791. The molecule has 2 aromatic rings. The van der Waals surface area contributed by atoms with Crippen LogP contribution >= 0.6 is 0 Å². The summed E-state index contributed by atoms with van der Waals surface area (Å²) in [5.41, 5.74) is 1.62. The van der Waals surface area contributed by atoms with Crippen LogP contribution in [0.4, 0.5) is 0 Å². The van der Waals surface area contributed by atoms with Gasteiger partial charge in [-0.05, 0) is 64.0 Å². The van der Waals surface area contributed by atoms with E-state index >= 15 is 0 Å². The fourth-order valence-corrected chi connectivity index (χ4v) is 5.84. The first-order valence-electron chi connectivity index (χ1n) is 12.0. The summed E-state index contributed by atoms with van der Waals surface area (Å²) >= 11 is 0. The Hall–Kier alpha value is -2.22. The molecule has 4 fully saturated rings. The highest BCUT2D eigenvalue weighted by molar-refractivity contribution is 5.94. The van der Waals surface area contributed by atoms with Crippen LogP contribution in [0.5, 0.6) is 0 Å². The van der Waals surface area contributed by atoms with Gasteiger partial charge in [-0.2, -0.15) is 5.10 Å². The van der Waals surface area contributed by atoms with E-state index in [0.29, 0.717) is 18.2 Å². The van der Waals surface area contributed by atoms with Crippen molar-refractivity contribution in [2.75, 3.05) is 26.2 Å². The van der Waals surface area contributed by atoms with Gasteiger partial charge < -0.3 is 9.42 Å². The number of piperidine rings is 1. The number of hydrogen-bond acceptors (Lipinski definition) is 6.